The Kier molecular flexibility index (Phi) is 2.29. The highest BCUT2D eigenvalue weighted by Crippen LogP contribution is 2.57. The number of halogens is 1. The number of thiol groups is 2. The fraction of sp³-hybridized carbons (Fsp3) is 0. The van der Waals surface area contributed by atoms with Gasteiger partial charge in [-0.15, -0.1) is 24.5 Å². The summed E-state index contributed by atoms with van der Waals surface area (Å²) in [7, 11) is 0. The van der Waals surface area contributed by atoms with Crippen molar-refractivity contribution in [3.63, 3.8) is 0 Å². The Morgan fingerprint density at radius 2 is 1.60 bits per heavy atom. The maximum Gasteiger partial charge on any atom is 0.213 e. The smallest absolute Gasteiger partial charge is 0.195 e. The van der Waals surface area contributed by atoms with Crippen molar-refractivity contribution < 1.29 is 4.20 Å². The molecule has 0 heterocycles. The predicted molar refractivity (Wildman–Crippen MR) is 33.4 cm³/mol. The second-order valence-electron chi connectivity index (χ2n) is 0.473. The average molecular weight is 148 g/mol. The lowest BCUT2D eigenvalue weighted by atomic mass is 18.9. The molecule has 0 unspecified atom stereocenters. The molecular formula is H2FPS3. The summed E-state index contributed by atoms with van der Waals surface area (Å²) in [4.78, 5) is 0. The van der Waals surface area contributed by atoms with Crippen LogP contribution >= 0.6 is 29.2 Å². The van der Waals surface area contributed by atoms with Crippen molar-refractivity contribution in [1.29, 1.82) is 0 Å². The molecular weight excluding hydrogens is 146 g/mol. The zero-order valence-corrected chi connectivity index (χ0v) is 5.63. The maximum atomic E-state index is 11.3. The Morgan fingerprint density at radius 3 is 1.60 bits per heavy atom. The van der Waals surface area contributed by atoms with E-state index < -0.39 is 4.75 Å². The Hall–Kier alpha value is 1.28. The quantitative estimate of drug-likeness (QED) is 0.391. The summed E-state index contributed by atoms with van der Waals surface area (Å²) < 4.78 is 8.43. The minimum atomic E-state index is -2.92. The van der Waals surface area contributed by atoms with Gasteiger partial charge in [-0.1, -0.05) is 0 Å². The molecule has 32 valence electrons. The molecule has 0 atom stereocenters. The lowest BCUT2D eigenvalue weighted by Gasteiger charge is -1.83. The van der Waals surface area contributed by atoms with Gasteiger partial charge in [0, 0.05) is 0 Å². The zero-order chi connectivity index (χ0) is 4.50. The molecule has 0 aromatic heterocycles. The second-order valence-corrected chi connectivity index (χ2v) is 8.81. The van der Waals surface area contributed by atoms with Crippen LogP contribution in [-0.4, -0.2) is 0 Å². The van der Waals surface area contributed by atoms with Crippen molar-refractivity contribution in [2.75, 3.05) is 0 Å². The highest BCUT2D eigenvalue weighted by atomic mass is 33.2. The van der Waals surface area contributed by atoms with E-state index in [0.29, 0.717) is 0 Å². The van der Waals surface area contributed by atoms with Gasteiger partial charge in [-0.05, 0) is 11.8 Å². The summed E-state index contributed by atoms with van der Waals surface area (Å²) in [5.41, 5.74) is 0. The lowest BCUT2D eigenvalue weighted by Crippen LogP contribution is -1.22. The fourth-order valence-corrected chi connectivity index (χ4v) is 0. The van der Waals surface area contributed by atoms with Crippen LogP contribution in [0, 0.1) is 0 Å². The first-order valence-electron chi connectivity index (χ1n) is 0.752. The van der Waals surface area contributed by atoms with E-state index in [9.17, 15) is 4.20 Å². The SMILES string of the molecule is FP(=S)(S)S. The Bertz CT molecular complexity index is 53.0. The standard InChI is InChI=1S/FH2PS3/c1-2(3,4)5/h(H2,3,4,5). The van der Waals surface area contributed by atoms with E-state index in [2.05, 4.69) is 36.3 Å². The third-order valence-corrected chi connectivity index (χ3v) is 0. The second kappa shape index (κ2) is 1.82. The van der Waals surface area contributed by atoms with Crippen LogP contribution in [0.15, 0.2) is 0 Å². The van der Waals surface area contributed by atoms with Gasteiger partial charge in [0.2, 0.25) is 4.75 Å². The van der Waals surface area contributed by atoms with Crippen molar-refractivity contribution in [3.8, 4) is 0 Å². The first-order chi connectivity index (χ1) is 2.00. The van der Waals surface area contributed by atoms with Crippen LogP contribution < -0.4 is 0 Å². The molecule has 0 aliphatic rings. The monoisotopic (exact) mass is 148 g/mol. The molecule has 0 nitrogen and oxygen atoms in total. The van der Waals surface area contributed by atoms with Crippen LogP contribution in [0.1, 0.15) is 0 Å². The fourth-order valence-electron chi connectivity index (χ4n) is 0. The predicted octanol–water partition coefficient (Wildman–Crippen LogP) is 2.04. The topological polar surface area (TPSA) is 0 Å². The first-order valence-corrected chi connectivity index (χ1v) is 5.75. The van der Waals surface area contributed by atoms with Gasteiger partial charge in [0.1, 0.15) is 0 Å². The summed E-state index contributed by atoms with van der Waals surface area (Å²) in [5.74, 6) is 0. The van der Waals surface area contributed by atoms with Crippen LogP contribution in [0.3, 0.4) is 0 Å². The molecule has 0 fully saturated rings. The molecule has 5 heavy (non-hydrogen) atoms. The van der Waals surface area contributed by atoms with Crippen LogP contribution in [0.5, 0.6) is 0 Å². The Balaban J connectivity index is 3.47. The minimum absolute atomic E-state index is 2.92. The van der Waals surface area contributed by atoms with Crippen LogP contribution in [0.4, 0.5) is 4.20 Å². The van der Waals surface area contributed by atoms with E-state index in [4.69, 9.17) is 0 Å². The molecule has 0 aromatic rings. The normalized spacial score (nSPS) is 11.8. The van der Waals surface area contributed by atoms with E-state index in [-0.39, 0.29) is 0 Å². The van der Waals surface area contributed by atoms with Gasteiger partial charge >= 0.3 is 0 Å². The number of hydrogen-bond donors (Lipinski definition) is 2. The van der Waals surface area contributed by atoms with Crippen molar-refractivity contribution in [2.24, 2.45) is 0 Å². The van der Waals surface area contributed by atoms with Gasteiger partial charge in [-0.3, -0.25) is 0 Å². The molecule has 0 bridgehead atoms. The molecule has 0 aliphatic heterocycles. The van der Waals surface area contributed by atoms with Gasteiger partial charge in [0.15, 0.2) is 0 Å². The van der Waals surface area contributed by atoms with Crippen molar-refractivity contribution in [1.82, 2.24) is 0 Å². The maximum absolute atomic E-state index is 11.3. The number of hydrogen-bond acceptors (Lipinski definition) is 1. The first kappa shape index (κ1) is 6.28. The van der Waals surface area contributed by atoms with Crippen molar-refractivity contribution in [3.05, 3.63) is 0 Å². The van der Waals surface area contributed by atoms with Gasteiger partial charge in [0.25, 0.3) is 0 Å². The van der Waals surface area contributed by atoms with E-state index >= 15 is 0 Å². The molecule has 5 heteroatoms. The molecule has 0 rings (SSSR count). The third-order valence-electron chi connectivity index (χ3n) is 0. The van der Waals surface area contributed by atoms with Crippen LogP contribution in [-0.2, 0) is 11.8 Å². The average Bonchev–Trinajstić information content (AvgIpc) is 0.722. The largest absolute Gasteiger partial charge is 0.213 e. The summed E-state index contributed by atoms with van der Waals surface area (Å²) in [6, 6.07) is 0. The van der Waals surface area contributed by atoms with Crippen molar-refractivity contribution in [2.45, 2.75) is 0 Å². The van der Waals surface area contributed by atoms with Gasteiger partial charge < -0.3 is 0 Å². The Labute approximate surface area is 45.6 Å². The van der Waals surface area contributed by atoms with E-state index in [0.717, 1.165) is 0 Å². The van der Waals surface area contributed by atoms with Crippen LogP contribution in [0.25, 0.3) is 0 Å². The lowest BCUT2D eigenvalue weighted by molar-refractivity contribution is 0.930. The highest BCUT2D eigenvalue weighted by Gasteiger charge is 1.93. The van der Waals surface area contributed by atoms with Gasteiger partial charge in [-0.25, -0.2) is 0 Å². The number of rotatable bonds is 0. The highest BCUT2D eigenvalue weighted by molar-refractivity contribution is 8.90. The molecule has 0 aliphatic carbocycles. The van der Waals surface area contributed by atoms with E-state index in [1.807, 2.05) is 0 Å². The van der Waals surface area contributed by atoms with E-state index in [1.165, 1.54) is 0 Å². The molecule has 0 amide bonds. The van der Waals surface area contributed by atoms with Gasteiger partial charge in [0.05, 0.1) is 0 Å². The summed E-state index contributed by atoms with van der Waals surface area (Å²) in [6.45, 7) is 0. The van der Waals surface area contributed by atoms with Gasteiger partial charge in [-0.2, -0.15) is 4.20 Å². The molecule has 0 spiro atoms. The van der Waals surface area contributed by atoms with E-state index in [1.54, 1.807) is 0 Å². The van der Waals surface area contributed by atoms with Crippen LogP contribution in [0.2, 0.25) is 0 Å². The molecule has 0 radical (unpaired) electrons. The summed E-state index contributed by atoms with van der Waals surface area (Å²) in [5, 5.41) is 0. The molecule has 0 saturated carbocycles. The molecule has 0 N–H and O–H groups in total. The minimum Gasteiger partial charge on any atom is -0.195 e. The summed E-state index contributed by atoms with van der Waals surface area (Å²) in [6.07, 6.45) is 0. The summed E-state index contributed by atoms with van der Waals surface area (Å²) >= 11 is 10.5. The molecule has 0 saturated heterocycles. The van der Waals surface area contributed by atoms with Crippen molar-refractivity contribution >= 4 is 41.1 Å². The zero-order valence-electron chi connectivity index (χ0n) is 2.13. The molecule has 0 aromatic carbocycles. The third kappa shape index (κ3) is 34.7. The Morgan fingerprint density at radius 1 is 1.60 bits per heavy atom.